The average Bonchev–Trinajstić information content (AvgIpc) is 3.20. The van der Waals surface area contributed by atoms with Crippen molar-refractivity contribution in [2.24, 2.45) is 0 Å². The molecule has 0 saturated carbocycles. The number of aliphatic hydroxyl groups excluding tert-OH is 1. The van der Waals surface area contributed by atoms with E-state index in [9.17, 15) is 18.3 Å². The molecule has 1 saturated heterocycles. The Hall–Kier alpha value is -1.81. The number of benzene rings is 1. The molecule has 2 unspecified atom stereocenters. The molecular formula is C15H17N3O4S2. The molecule has 1 fully saturated rings. The second-order valence-electron chi connectivity index (χ2n) is 5.54. The van der Waals surface area contributed by atoms with E-state index in [1.54, 1.807) is 17.6 Å². The van der Waals surface area contributed by atoms with Crippen LogP contribution in [0.15, 0.2) is 41.3 Å². The van der Waals surface area contributed by atoms with Gasteiger partial charge in [0.15, 0.2) is 0 Å². The van der Waals surface area contributed by atoms with Gasteiger partial charge in [-0.15, -0.1) is 11.3 Å². The van der Waals surface area contributed by atoms with Crippen molar-refractivity contribution in [2.75, 3.05) is 13.2 Å². The number of aromatic nitrogens is 1. The fourth-order valence-corrected chi connectivity index (χ4v) is 5.33. The molecule has 1 aliphatic rings. The molecule has 1 amide bonds. The number of carbonyl (C=O) groups is 1. The van der Waals surface area contributed by atoms with E-state index in [4.69, 9.17) is 0 Å². The summed E-state index contributed by atoms with van der Waals surface area (Å²) in [5.41, 5.74) is 2.41. The predicted molar refractivity (Wildman–Crippen MR) is 91.1 cm³/mol. The minimum Gasteiger partial charge on any atom is -0.395 e. The van der Waals surface area contributed by atoms with Crippen LogP contribution in [0.4, 0.5) is 0 Å². The summed E-state index contributed by atoms with van der Waals surface area (Å²) in [6.45, 7) is 3.20. The smallest absolute Gasteiger partial charge is 0.243 e. The van der Waals surface area contributed by atoms with Gasteiger partial charge >= 0.3 is 0 Å². The van der Waals surface area contributed by atoms with Crippen molar-refractivity contribution in [2.45, 2.75) is 23.4 Å². The van der Waals surface area contributed by atoms with Crippen LogP contribution in [0.2, 0.25) is 0 Å². The Kier molecular flexibility index (Phi) is 4.68. The Balaban J connectivity index is 1.89. The Morgan fingerprint density at radius 3 is 3.04 bits per heavy atom. The fraction of sp³-hybridized carbons (Fsp3) is 0.333. The van der Waals surface area contributed by atoms with Crippen LogP contribution in [0, 0.1) is 0 Å². The minimum atomic E-state index is -3.77. The van der Waals surface area contributed by atoms with Crippen molar-refractivity contribution in [1.29, 1.82) is 0 Å². The first-order chi connectivity index (χ1) is 11.5. The number of sulfonamides is 1. The van der Waals surface area contributed by atoms with Crippen LogP contribution >= 0.6 is 11.3 Å². The number of amides is 1. The van der Waals surface area contributed by atoms with Crippen LogP contribution in [0.5, 0.6) is 0 Å². The van der Waals surface area contributed by atoms with E-state index >= 15 is 0 Å². The Morgan fingerprint density at radius 2 is 2.33 bits per heavy atom. The summed E-state index contributed by atoms with van der Waals surface area (Å²) in [4.78, 5) is 15.7. The molecule has 0 bridgehead atoms. The summed E-state index contributed by atoms with van der Waals surface area (Å²) < 4.78 is 27.9. The molecule has 9 heteroatoms. The van der Waals surface area contributed by atoms with Gasteiger partial charge in [-0.2, -0.15) is 4.31 Å². The third-order valence-corrected chi connectivity index (χ3v) is 6.72. The van der Waals surface area contributed by atoms with E-state index in [1.807, 2.05) is 0 Å². The number of aliphatic hydroxyl groups is 1. The molecule has 0 spiro atoms. The van der Waals surface area contributed by atoms with Crippen LogP contribution in [0.3, 0.4) is 0 Å². The zero-order valence-electron chi connectivity index (χ0n) is 12.8. The van der Waals surface area contributed by atoms with Crippen molar-refractivity contribution in [1.82, 2.24) is 14.6 Å². The number of rotatable bonds is 5. The van der Waals surface area contributed by atoms with Crippen molar-refractivity contribution in [3.8, 4) is 0 Å². The van der Waals surface area contributed by atoms with Crippen molar-refractivity contribution < 1.29 is 18.3 Å². The lowest BCUT2D eigenvalue weighted by Crippen LogP contribution is -2.39. The summed E-state index contributed by atoms with van der Waals surface area (Å²) in [6, 6.07) is 3.85. The largest absolute Gasteiger partial charge is 0.395 e. The van der Waals surface area contributed by atoms with Gasteiger partial charge < -0.3 is 10.4 Å². The Morgan fingerprint density at radius 1 is 1.54 bits per heavy atom. The van der Waals surface area contributed by atoms with Crippen molar-refractivity contribution >= 4 is 37.5 Å². The van der Waals surface area contributed by atoms with E-state index in [1.165, 1.54) is 21.7 Å². The maximum Gasteiger partial charge on any atom is 0.243 e. The van der Waals surface area contributed by atoms with Gasteiger partial charge in [0, 0.05) is 12.6 Å². The summed E-state index contributed by atoms with van der Waals surface area (Å²) >= 11 is 1.37. The van der Waals surface area contributed by atoms with E-state index in [0.29, 0.717) is 6.42 Å². The van der Waals surface area contributed by atoms with Crippen LogP contribution in [0.25, 0.3) is 10.2 Å². The van der Waals surface area contributed by atoms with Gasteiger partial charge in [-0.05, 0) is 30.7 Å². The maximum absolute atomic E-state index is 12.9. The first kappa shape index (κ1) is 17.0. The fourth-order valence-electron chi connectivity index (χ4n) is 2.84. The van der Waals surface area contributed by atoms with Gasteiger partial charge in [0.1, 0.15) is 0 Å². The highest BCUT2D eigenvalue weighted by Crippen LogP contribution is 2.29. The predicted octanol–water partition coefficient (Wildman–Crippen LogP) is 0.722. The molecule has 2 aromatic rings. The quantitative estimate of drug-likeness (QED) is 0.759. The van der Waals surface area contributed by atoms with Crippen molar-refractivity contribution in [3.63, 3.8) is 0 Å². The number of nitrogens with one attached hydrogen (secondary N) is 1. The summed E-state index contributed by atoms with van der Waals surface area (Å²) in [7, 11) is -3.77. The van der Waals surface area contributed by atoms with E-state index in [-0.39, 0.29) is 30.0 Å². The molecule has 1 aliphatic heterocycles. The molecule has 1 aromatic heterocycles. The molecule has 7 nitrogen and oxygen atoms in total. The van der Waals surface area contributed by atoms with Gasteiger partial charge in [0.05, 0.1) is 33.3 Å². The molecular weight excluding hydrogens is 350 g/mol. The number of hydrogen-bond acceptors (Lipinski definition) is 6. The zero-order chi connectivity index (χ0) is 17.3. The standard InChI is InChI=1S/C15H17N3O4S2/c1-2-15(20)17-10-5-11(8-19)18(7-10)24(21,22)12-3-4-13-14(6-12)23-9-16-13/h2-4,6,9-11,19H,1,5,7-8H2,(H,17,20). The molecule has 0 radical (unpaired) electrons. The Bertz CT molecular complexity index is 878. The molecule has 3 rings (SSSR count). The molecule has 2 atom stereocenters. The van der Waals surface area contributed by atoms with Crippen LogP contribution in [-0.4, -0.2) is 54.0 Å². The van der Waals surface area contributed by atoms with E-state index < -0.39 is 16.1 Å². The van der Waals surface area contributed by atoms with Gasteiger partial charge in [-0.1, -0.05) is 6.58 Å². The lowest BCUT2D eigenvalue weighted by Gasteiger charge is -2.22. The topological polar surface area (TPSA) is 99.6 Å². The second kappa shape index (κ2) is 6.60. The highest BCUT2D eigenvalue weighted by molar-refractivity contribution is 7.89. The highest BCUT2D eigenvalue weighted by atomic mass is 32.2. The van der Waals surface area contributed by atoms with Gasteiger partial charge in [0.2, 0.25) is 15.9 Å². The normalized spacial score (nSPS) is 21.9. The monoisotopic (exact) mass is 367 g/mol. The lowest BCUT2D eigenvalue weighted by molar-refractivity contribution is -0.117. The number of carbonyl (C=O) groups excluding carboxylic acids is 1. The first-order valence-corrected chi connectivity index (χ1v) is 9.66. The zero-order valence-corrected chi connectivity index (χ0v) is 14.4. The molecule has 24 heavy (non-hydrogen) atoms. The third-order valence-electron chi connectivity index (χ3n) is 4.02. The second-order valence-corrected chi connectivity index (χ2v) is 8.32. The summed E-state index contributed by atoms with van der Waals surface area (Å²) in [6.07, 6.45) is 1.50. The van der Waals surface area contributed by atoms with Gasteiger partial charge in [-0.3, -0.25) is 4.79 Å². The summed E-state index contributed by atoms with van der Waals surface area (Å²) in [5.74, 6) is -0.359. The van der Waals surface area contributed by atoms with Gasteiger partial charge in [-0.25, -0.2) is 13.4 Å². The van der Waals surface area contributed by atoms with Crippen LogP contribution < -0.4 is 5.32 Å². The number of thiazole rings is 1. The van der Waals surface area contributed by atoms with Crippen LogP contribution in [0.1, 0.15) is 6.42 Å². The van der Waals surface area contributed by atoms with Gasteiger partial charge in [0.25, 0.3) is 0 Å². The number of hydrogen-bond donors (Lipinski definition) is 2. The molecule has 2 heterocycles. The first-order valence-electron chi connectivity index (χ1n) is 7.34. The maximum atomic E-state index is 12.9. The SMILES string of the molecule is C=CC(=O)NC1CC(CO)N(S(=O)(=O)c2ccc3ncsc3c2)C1. The van der Waals surface area contributed by atoms with E-state index in [2.05, 4.69) is 16.9 Å². The van der Waals surface area contributed by atoms with Crippen LogP contribution in [-0.2, 0) is 14.8 Å². The number of nitrogens with zero attached hydrogens (tertiary/aromatic N) is 2. The average molecular weight is 367 g/mol. The van der Waals surface area contributed by atoms with Crippen molar-refractivity contribution in [3.05, 3.63) is 36.4 Å². The molecule has 0 aliphatic carbocycles. The lowest BCUT2D eigenvalue weighted by atomic mass is 10.2. The molecule has 128 valence electrons. The Labute approximate surface area is 143 Å². The molecule has 1 aromatic carbocycles. The minimum absolute atomic E-state index is 0.119. The summed E-state index contributed by atoms with van der Waals surface area (Å²) in [5, 5.41) is 12.2. The molecule has 2 N–H and O–H groups in total. The third kappa shape index (κ3) is 3.07. The van der Waals surface area contributed by atoms with E-state index in [0.717, 1.165) is 16.3 Å². The number of fused-ring (bicyclic) bond motifs is 1. The highest BCUT2D eigenvalue weighted by Gasteiger charge is 2.40.